The van der Waals surface area contributed by atoms with E-state index in [0.29, 0.717) is 0 Å². The van der Waals surface area contributed by atoms with Gasteiger partial charge in [-0.2, -0.15) is 0 Å². The Balaban J connectivity index is 1.93. The highest BCUT2D eigenvalue weighted by atomic mass is 19.1. The van der Waals surface area contributed by atoms with Crippen LogP contribution in [0.5, 0.6) is 5.75 Å². The number of nitrogens with one attached hydrogen (secondary N) is 1. The second-order valence-corrected chi connectivity index (χ2v) is 8.20. The summed E-state index contributed by atoms with van der Waals surface area (Å²) in [5.74, 6) is -2.10. The molecule has 0 aliphatic carbocycles. The van der Waals surface area contributed by atoms with Gasteiger partial charge in [-0.25, -0.2) is 8.78 Å². The van der Waals surface area contributed by atoms with Crippen molar-refractivity contribution in [1.82, 2.24) is 10.2 Å². The van der Waals surface area contributed by atoms with Crippen LogP contribution in [0.25, 0.3) is 0 Å². The maximum atomic E-state index is 14.5. The van der Waals surface area contributed by atoms with Crippen molar-refractivity contribution in [1.29, 1.82) is 0 Å². The molecule has 34 heavy (non-hydrogen) atoms. The van der Waals surface area contributed by atoms with Gasteiger partial charge in [0.25, 0.3) is 5.91 Å². The lowest BCUT2D eigenvalue weighted by Gasteiger charge is -2.32. The molecule has 1 N–H and O–H groups in total. The van der Waals surface area contributed by atoms with Gasteiger partial charge >= 0.3 is 0 Å². The van der Waals surface area contributed by atoms with Crippen molar-refractivity contribution in [2.24, 2.45) is 0 Å². The van der Waals surface area contributed by atoms with Gasteiger partial charge in [-0.3, -0.25) is 9.59 Å². The lowest BCUT2D eigenvalue weighted by Crippen LogP contribution is -2.53. The zero-order valence-electron chi connectivity index (χ0n) is 19.2. The maximum absolute atomic E-state index is 14.5. The van der Waals surface area contributed by atoms with Crippen LogP contribution in [0.3, 0.4) is 0 Å². The molecule has 0 bridgehead atoms. The first-order valence-corrected chi connectivity index (χ1v) is 11.1. The number of ether oxygens (including phenoxy) is 1. The maximum Gasteiger partial charge on any atom is 0.261 e. The third-order valence-electron chi connectivity index (χ3n) is 5.19. The number of para-hydroxylation sites is 1. The van der Waals surface area contributed by atoms with Crippen LogP contribution in [-0.4, -0.2) is 35.4 Å². The van der Waals surface area contributed by atoms with Crippen molar-refractivity contribution >= 4 is 11.8 Å². The molecule has 0 radical (unpaired) electrons. The van der Waals surface area contributed by atoms with Gasteiger partial charge in [0.2, 0.25) is 5.91 Å². The molecule has 5 nitrogen and oxygen atoms in total. The number of hydrogen-bond acceptors (Lipinski definition) is 3. The standard InChI is InChI=1S/C27H28F2N2O3/c1-19(2)30-27(33)24(16-20-10-4-3-5-11-20)31(17-21-12-6-7-13-22(21)28)26(32)18-34-25-15-9-8-14-23(25)29/h3-15,19,24H,16-18H2,1-2H3,(H,30,33)/t24-/m1/s1. The number of hydrogen-bond donors (Lipinski definition) is 1. The van der Waals surface area contributed by atoms with Crippen molar-refractivity contribution < 1.29 is 23.1 Å². The van der Waals surface area contributed by atoms with Crippen LogP contribution < -0.4 is 10.1 Å². The van der Waals surface area contributed by atoms with Crippen molar-refractivity contribution in [3.8, 4) is 5.75 Å². The Labute approximate surface area is 198 Å². The SMILES string of the molecule is CC(C)NC(=O)[C@@H](Cc1ccccc1)N(Cc1ccccc1F)C(=O)COc1ccccc1F. The molecular weight excluding hydrogens is 438 g/mol. The minimum Gasteiger partial charge on any atom is -0.481 e. The molecule has 0 aliphatic heterocycles. The van der Waals surface area contributed by atoms with Crippen LogP contribution in [0.1, 0.15) is 25.0 Å². The van der Waals surface area contributed by atoms with E-state index in [-0.39, 0.29) is 36.2 Å². The van der Waals surface area contributed by atoms with Crippen LogP contribution in [0.15, 0.2) is 78.9 Å². The molecule has 0 fully saturated rings. The van der Waals surface area contributed by atoms with Gasteiger partial charge in [0.05, 0.1) is 0 Å². The first kappa shape index (κ1) is 24.9. The molecule has 178 valence electrons. The van der Waals surface area contributed by atoms with Crippen molar-refractivity contribution in [3.63, 3.8) is 0 Å². The topological polar surface area (TPSA) is 58.6 Å². The van der Waals surface area contributed by atoms with E-state index in [1.54, 1.807) is 24.3 Å². The van der Waals surface area contributed by atoms with E-state index in [1.165, 1.54) is 29.2 Å². The number of amides is 2. The smallest absolute Gasteiger partial charge is 0.261 e. The monoisotopic (exact) mass is 466 g/mol. The normalized spacial score (nSPS) is 11.7. The van der Waals surface area contributed by atoms with Crippen molar-refractivity contribution in [2.75, 3.05) is 6.61 Å². The number of halogens is 2. The summed E-state index contributed by atoms with van der Waals surface area (Å²) in [5.41, 5.74) is 1.10. The molecule has 3 aromatic carbocycles. The lowest BCUT2D eigenvalue weighted by atomic mass is 10.0. The van der Waals surface area contributed by atoms with Gasteiger partial charge in [0.1, 0.15) is 11.9 Å². The molecule has 0 aromatic heterocycles. The largest absolute Gasteiger partial charge is 0.481 e. The molecule has 0 unspecified atom stereocenters. The molecule has 3 rings (SSSR count). The fourth-order valence-corrected chi connectivity index (χ4v) is 3.53. The van der Waals surface area contributed by atoms with E-state index < -0.39 is 30.2 Å². The predicted octanol–water partition coefficient (Wildman–Crippen LogP) is 4.51. The van der Waals surface area contributed by atoms with Crippen LogP contribution in [0.2, 0.25) is 0 Å². The summed E-state index contributed by atoms with van der Waals surface area (Å²) in [6, 6.07) is 20.0. The lowest BCUT2D eigenvalue weighted by molar-refractivity contribution is -0.143. The quantitative estimate of drug-likeness (QED) is 0.478. The van der Waals surface area contributed by atoms with E-state index in [4.69, 9.17) is 4.74 Å². The molecule has 0 saturated heterocycles. The van der Waals surface area contributed by atoms with Crippen LogP contribution in [-0.2, 0) is 22.6 Å². The number of rotatable bonds is 10. The zero-order valence-corrected chi connectivity index (χ0v) is 19.2. The van der Waals surface area contributed by atoms with Crippen molar-refractivity contribution in [3.05, 3.63) is 102 Å². The summed E-state index contributed by atoms with van der Waals surface area (Å²) in [7, 11) is 0. The first-order chi connectivity index (χ1) is 16.3. The highest BCUT2D eigenvalue weighted by Gasteiger charge is 2.31. The Morgan fingerprint density at radius 3 is 2.15 bits per heavy atom. The Morgan fingerprint density at radius 2 is 1.50 bits per heavy atom. The van der Waals surface area contributed by atoms with Crippen molar-refractivity contribution in [2.45, 2.75) is 38.9 Å². The van der Waals surface area contributed by atoms with Gasteiger partial charge in [0, 0.05) is 24.6 Å². The van der Waals surface area contributed by atoms with Crippen LogP contribution >= 0.6 is 0 Å². The fourth-order valence-electron chi connectivity index (χ4n) is 3.53. The zero-order chi connectivity index (χ0) is 24.5. The molecule has 0 aliphatic rings. The van der Waals surface area contributed by atoms with Gasteiger partial charge in [-0.15, -0.1) is 0 Å². The van der Waals surface area contributed by atoms with Gasteiger partial charge in [-0.1, -0.05) is 60.7 Å². The van der Waals surface area contributed by atoms with E-state index in [2.05, 4.69) is 5.32 Å². The molecule has 0 spiro atoms. The second kappa shape index (κ2) is 11.9. The molecular formula is C27H28F2N2O3. The fraction of sp³-hybridized carbons (Fsp3) is 0.259. The molecule has 2 amide bonds. The second-order valence-electron chi connectivity index (χ2n) is 8.20. The van der Waals surface area contributed by atoms with Gasteiger partial charge < -0.3 is 15.0 Å². The minimum atomic E-state index is -0.930. The van der Waals surface area contributed by atoms with Crippen LogP contribution in [0.4, 0.5) is 8.78 Å². The van der Waals surface area contributed by atoms with E-state index in [0.717, 1.165) is 5.56 Å². The van der Waals surface area contributed by atoms with Crippen LogP contribution in [0, 0.1) is 11.6 Å². The van der Waals surface area contributed by atoms with E-state index in [1.807, 2.05) is 44.2 Å². The Kier molecular flexibility index (Phi) is 8.73. The molecule has 1 atom stereocenters. The van der Waals surface area contributed by atoms with Gasteiger partial charge in [-0.05, 0) is 37.6 Å². The Morgan fingerprint density at radius 1 is 0.882 bits per heavy atom. The Hall–Kier alpha value is -3.74. The third-order valence-corrected chi connectivity index (χ3v) is 5.19. The average Bonchev–Trinajstić information content (AvgIpc) is 2.82. The Bertz CT molecular complexity index is 1110. The first-order valence-electron chi connectivity index (χ1n) is 11.1. The molecule has 3 aromatic rings. The molecule has 0 heterocycles. The highest BCUT2D eigenvalue weighted by Crippen LogP contribution is 2.19. The third kappa shape index (κ3) is 6.88. The summed E-state index contributed by atoms with van der Waals surface area (Å²) < 4.78 is 33.9. The number of benzene rings is 3. The minimum absolute atomic E-state index is 0.0760. The summed E-state index contributed by atoms with van der Waals surface area (Å²) >= 11 is 0. The highest BCUT2D eigenvalue weighted by molar-refractivity contribution is 5.88. The number of carbonyl (C=O) groups is 2. The van der Waals surface area contributed by atoms with Gasteiger partial charge in [0.15, 0.2) is 18.2 Å². The predicted molar refractivity (Wildman–Crippen MR) is 126 cm³/mol. The summed E-state index contributed by atoms with van der Waals surface area (Å²) in [6.45, 7) is 2.99. The molecule has 7 heteroatoms. The van der Waals surface area contributed by atoms with E-state index >= 15 is 0 Å². The summed E-state index contributed by atoms with van der Waals surface area (Å²) in [6.07, 6.45) is 0.222. The number of carbonyl (C=O) groups excluding carboxylic acids is 2. The summed E-state index contributed by atoms with van der Waals surface area (Å²) in [5, 5.41) is 2.85. The number of nitrogens with zero attached hydrogens (tertiary/aromatic N) is 1. The average molecular weight is 467 g/mol. The molecule has 0 saturated carbocycles. The summed E-state index contributed by atoms with van der Waals surface area (Å²) in [4.78, 5) is 27.8. The van der Waals surface area contributed by atoms with E-state index in [9.17, 15) is 18.4 Å².